The number of nitrogens with one attached hydrogen (secondary N) is 2. The molecule has 1 aromatic carbocycles. The molecule has 1 aromatic heterocycles. The van der Waals surface area contributed by atoms with Gasteiger partial charge < -0.3 is 10.3 Å². The number of aromatic nitrogens is 1. The second-order valence-corrected chi connectivity index (χ2v) is 4.65. The fourth-order valence-corrected chi connectivity index (χ4v) is 2.03. The van der Waals surface area contributed by atoms with Crippen molar-refractivity contribution in [2.75, 3.05) is 0 Å². The van der Waals surface area contributed by atoms with Gasteiger partial charge in [-0.15, -0.1) is 0 Å². The SMILES string of the molecule is Cc1cccc(C(=O)NCc2cc(C)[nH]c2C)c1. The molecule has 0 aliphatic carbocycles. The van der Waals surface area contributed by atoms with Crippen molar-refractivity contribution < 1.29 is 4.79 Å². The molecular weight excluding hydrogens is 224 g/mol. The minimum absolute atomic E-state index is 0.0306. The van der Waals surface area contributed by atoms with Gasteiger partial charge in [0.2, 0.25) is 0 Å². The molecule has 1 heterocycles. The summed E-state index contributed by atoms with van der Waals surface area (Å²) in [5, 5.41) is 2.94. The van der Waals surface area contributed by atoms with Gasteiger partial charge in [-0.2, -0.15) is 0 Å². The normalized spacial score (nSPS) is 10.4. The van der Waals surface area contributed by atoms with Crippen LogP contribution in [0.2, 0.25) is 0 Å². The van der Waals surface area contributed by atoms with E-state index in [-0.39, 0.29) is 5.91 Å². The Morgan fingerprint density at radius 1 is 1.22 bits per heavy atom. The number of H-pyrrole nitrogens is 1. The zero-order chi connectivity index (χ0) is 13.1. The Balaban J connectivity index is 2.02. The Bertz CT molecular complexity index is 570. The van der Waals surface area contributed by atoms with E-state index in [1.165, 1.54) is 0 Å². The van der Waals surface area contributed by atoms with E-state index in [0.29, 0.717) is 12.1 Å². The molecule has 3 nitrogen and oxygen atoms in total. The largest absolute Gasteiger partial charge is 0.362 e. The second kappa shape index (κ2) is 5.08. The van der Waals surface area contributed by atoms with Crippen LogP contribution < -0.4 is 5.32 Å². The molecule has 0 aliphatic heterocycles. The Hall–Kier alpha value is -2.03. The quantitative estimate of drug-likeness (QED) is 0.854. The first-order valence-electron chi connectivity index (χ1n) is 6.06. The van der Waals surface area contributed by atoms with E-state index in [1.54, 1.807) is 0 Å². The van der Waals surface area contributed by atoms with Crippen LogP contribution in [0.1, 0.15) is 32.9 Å². The number of benzene rings is 1. The van der Waals surface area contributed by atoms with E-state index in [1.807, 2.05) is 45.0 Å². The van der Waals surface area contributed by atoms with Gasteiger partial charge in [-0.1, -0.05) is 17.7 Å². The van der Waals surface area contributed by atoms with Crippen LogP contribution >= 0.6 is 0 Å². The molecule has 0 radical (unpaired) electrons. The van der Waals surface area contributed by atoms with E-state index >= 15 is 0 Å². The number of aryl methyl sites for hydroxylation is 3. The molecule has 0 aliphatic rings. The predicted octanol–water partition coefficient (Wildman–Crippen LogP) is 2.87. The van der Waals surface area contributed by atoms with E-state index in [9.17, 15) is 4.79 Å². The van der Waals surface area contributed by atoms with Gasteiger partial charge in [0.1, 0.15) is 0 Å². The summed E-state index contributed by atoms with van der Waals surface area (Å²) in [6.45, 7) is 6.57. The van der Waals surface area contributed by atoms with Crippen LogP contribution in [0.4, 0.5) is 0 Å². The summed E-state index contributed by atoms with van der Waals surface area (Å²) in [5.74, 6) is -0.0306. The van der Waals surface area contributed by atoms with E-state index in [2.05, 4.69) is 16.4 Å². The highest BCUT2D eigenvalue weighted by atomic mass is 16.1. The van der Waals surface area contributed by atoms with Crippen molar-refractivity contribution in [3.05, 3.63) is 58.4 Å². The second-order valence-electron chi connectivity index (χ2n) is 4.65. The lowest BCUT2D eigenvalue weighted by molar-refractivity contribution is 0.0951. The Labute approximate surface area is 107 Å². The van der Waals surface area contributed by atoms with Crippen molar-refractivity contribution in [1.82, 2.24) is 10.3 Å². The van der Waals surface area contributed by atoms with Crippen molar-refractivity contribution in [2.45, 2.75) is 27.3 Å². The van der Waals surface area contributed by atoms with Gasteiger partial charge in [0.15, 0.2) is 0 Å². The minimum Gasteiger partial charge on any atom is -0.362 e. The number of amides is 1. The van der Waals surface area contributed by atoms with E-state index < -0.39 is 0 Å². The van der Waals surface area contributed by atoms with Gasteiger partial charge >= 0.3 is 0 Å². The van der Waals surface area contributed by atoms with Crippen LogP contribution in [0.3, 0.4) is 0 Å². The van der Waals surface area contributed by atoms with Crippen molar-refractivity contribution >= 4 is 5.91 Å². The Morgan fingerprint density at radius 3 is 2.61 bits per heavy atom. The summed E-state index contributed by atoms with van der Waals surface area (Å²) < 4.78 is 0. The average molecular weight is 242 g/mol. The third kappa shape index (κ3) is 2.80. The van der Waals surface area contributed by atoms with E-state index in [0.717, 1.165) is 22.5 Å². The Morgan fingerprint density at radius 2 is 2.00 bits per heavy atom. The molecule has 0 bridgehead atoms. The highest BCUT2D eigenvalue weighted by Gasteiger charge is 2.07. The number of hydrogen-bond donors (Lipinski definition) is 2. The molecular formula is C15H18N2O. The topological polar surface area (TPSA) is 44.9 Å². The summed E-state index contributed by atoms with van der Waals surface area (Å²) in [5.41, 5.74) is 5.16. The van der Waals surface area contributed by atoms with Gasteiger partial charge in [0, 0.05) is 23.5 Å². The van der Waals surface area contributed by atoms with Gasteiger partial charge in [-0.3, -0.25) is 4.79 Å². The van der Waals surface area contributed by atoms with Crippen LogP contribution in [-0.4, -0.2) is 10.9 Å². The van der Waals surface area contributed by atoms with Crippen LogP contribution in [0.5, 0.6) is 0 Å². The molecule has 18 heavy (non-hydrogen) atoms. The standard InChI is InChI=1S/C15H18N2O/c1-10-5-4-6-13(7-10)15(18)16-9-14-8-11(2)17-12(14)3/h4-8,17H,9H2,1-3H3,(H,16,18). The summed E-state index contributed by atoms with van der Waals surface area (Å²) in [4.78, 5) is 15.2. The van der Waals surface area contributed by atoms with Crippen LogP contribution in [0.25, 0.3) is 0 Å². The lowest BCUT2D eigenvalue weighted by Crippen LogP contribution is -2.22. The lowest BCUT2D eigenvalue weighted by atomic mass is 10.1. The molecule has 2 aromatic rings. The number of hydrogen-bond acceptors (Lipinski definition) is 1. The molecule has 0 saturated carbocycles. The van der Waals surface area contributed by atoms with Gasteiger partial charge in [0.05, 0.1) is 0 Å². The monoisotopic (exact) mass is 242 g/mol. The summed E-state index contributed by atoms with van der Waals surface area (Å²) in [6, 6.07) is 9.67. The molecule has 0 spiro atoms. The fraction of sp³-hybridized carbons (Fsp3) is 0.267. The summed E-state index contributed by atoms with van der Waals surface area (Å²) in [7, 11) is 0. The molecule has 94 valence electrons. The van der Waals surface area contributed by atoms with Crippen LogP contribution in [0.15, 0.2) is 30.3 Å². The lowest BCUT2D eigenvalue weighted by Gasteiger charge is -2.05. The van der Waals surface area contributed by atoms with Crippen molar-refractivity contribution in [3.8, 4) is 0 Å². The fourth-order valence-electron chi connectivity index (χ4n) is 2.03. The van der Waals surface area contributed by atoms with E-state index in [4.69, 9.17) is 0 Å². The van der Waals surface area contributed by atoms with Crippen molar-refractivity contribution in [3.63, 3.8) is 0 Å². The molecule has 1 amide bonds. The number of carbonyl (C=O) groups is 1. The van der Waals surface area contributed by atoms with Gasteiger partial charge in [0.25, 0.3) is 5.91 Å². The molecule has 3 heteroatoms. The average Bonchev–Trinajstić information content (AvgIpc) is 2.65. The smallest absolute Gasteiger partial charge is 0.251 e. The first-order valence-corrected chi connectivity index (χ1v) is 6.06. The number of aromatic amines is 1. The first-order chi connectivity index (χ1) is 8.56. The predicted molar refractivity (Wildman–Crippen MR) is 72.6 cm³/mol. The third-order valence-corrected chi connectivity index (χ3v) is 2.98. The maximum atomic E-state index is 12.0. The van der Waals surface area contributed by atoms with Crippen molar-refractivity contribution in [2.24, 2.45) is 0 Å². The first kappa shape index (κ1) is 12.4. The molecule has 0 atom stereocenters. The molecule has 0 unspecified atom stereocenters. The molecule has 2 rings (SSSR count). The highest BCUT2D eigenvalue weighted by Crippen LogP contribution is 2.09. The van der Waals surface area contributed by atoms with Crippen LogP contribution in [0, 0.1) is 20.8 Å². The number of carbonyl (C=O) groups excluding carboxylic acids is 1. The zero-order valence-electron chi connectivity index (χ0n) is 11.0. The maximum Gasteiger partial charge on any atom is 0.251 e. The Kier molecular flexibility index (Phi) is 3.51. The summed E-state index contributed by atoms with van der Waals surface area (Å²) >= 11 is 0. The highest BCUT2D eigenvalue weighted by molar-refractivity contribution is 5.94. The van der Waals surface area contributed by atoms with Crippen molar-refractivity contribution in [1.29, 1.82) is 0 Å². The van der Waals surface area contributed by atoms with Crippen LogP contribution in [-0.2, 0) is 6.54 Å². The van der Waals surface area contributed by atoms with Gasteiger partial charge in [-0.05, 0) is 44.5 Å². The summed E-state index contributed by atoms with van der Waals surface area (Å²) in [6.07, 6.45) is 0. The molecule has 2 N–H and O–H groups in total. The van der Waals surface area contributed by atoms with Gasteiger partial charge in [-0.25, -0.2) is 0 Å². The zero-order valence-corrected chi connectivity index (χ0v) is 11.0. The molecule has 0 saturated heterocycles. The molecule has 0 fully saturated rings. The minimum atomic E-state index is -0.0306. The third-order valence-electron chi connectivity index (χ3n) is 2.98. The maximum absolute atomic E-state index is 12.0. The number of rotatable bonds is 3.